The quantitative estimate of drug-likeness (QED) is 0.420. The van der Waals surface area contributed by atoms with E-state index in [0.717, 1.165) is 21.5 Å². The highest BCUT2D eigenvalue weighted by Gasteiger charge is 2.25. The van der Waals surface area contributed by atoms with Gasteiger partial charge < -0.3 is 9.47 Å². The molecule has 2 aromatic heterocycles. The molecule has 0 aliphatic rings. The van der Waals surface area contributed by atoms with Crippen molar-refractivity contribution >= 4 is 32.6 Å². The Balaban J connectivity index is 1.86. The van der Waals surface area contributed by atoms with Crippen LogP contribution in [-0.2, 0) is 6.54 Å². The number of carbonyl (C=O) groups is 1. The molecule has 0 spiro atoms. The number of aromatic nitrogens is 2. The summed E-state index contributed by atoms with van der Waals surface area (Å²) in [5.41, 5.74) is 4.03. The Kier molecular flexibility index (Phi) is 5.86. The molecule has 7 heteroatoms. The molecule has 31 heavy (non-hydrogen) atoms. The van der Waals surface area contributed by atoms with E-state index in [1.165, 1.54) is 11.3 Å². The zero-order valence-corrected chi connectivity index (χ0v) is 18.7. The van der Waals surface area contributed by atoms with Crippen LogP contribution in [0.5, 0.6) is 11.5 Å². The van der Waals surface area contributed by atoms with Gasteiger partial charge in [0.05, 0.1) is 26.5 Å². The Morgan fingerprint density at radius 1 is 1.03 bits per heavy atom. The zero-order chi connectivity index (χ0) is 22.0. The summed E-state index contributed by atoms with van der Waals surface area (Å²) in [5, 5.41) is 0.564. The van der Waals surface area contributed by atoms with Crippen molar-refractivity contribution in [2.75, 3.05) is 19.1 Å². The molecule has 4 aromatic rings. The molecule has 158 valence electrons. The van der Waals surface area contributed by atoms with Crippen LogP contribution in [0.15, 0.2) is 54.7 Å². The van der Waals surface area contributed by atoms with E-state index in [1.807, 2.05) is 62.4 Å². The number of anilines is 1. The second-order valence-corrected chi connectivity index (χ2v) is 8.15. The van der Waals surface area contributed by atoms with Gasteiger partial charge in [0, 0.05) is 11.8 Å². The maximum atomic E-state index is 13.7. The van der Waals surface area contributed by atoms with Crippen molar-refractivity contribution in [1.82, 2.24) is 9.97 Å². The van der Waals surface area contributed by atoms with Crippen LogP contribution in [0, 0.1) is 13.8 Å². The van der Waals surface area contributed by atoms with E-state index in [-0.39, 0.29) is 5.91 Å². The molecule has 0 saturated carbocycles. The van der Waals surface area contributed by atoms with E-state index in [4.69, 9.17) is 14.5 Å². The van der Waals surface area contributed by atoms with Crippen LogP contribution in [-0.4, -0.2) is 30.1 Å². The van der Waals surface area contributed by atoms with Gasteiger partial charge in [-0.3, -0.25) is 14.7 Å². The topological polar surface area (TPSA) is 64.6 Å². The molecular formula is C24H23N3O3S. The van der Waals surface area contributed by atoms with Crippen molar-refractivity contribution < 1.29 is 14.3 Å². The van der Waals surface area contributed by atoms with Gasteiger partial charge in [-0.1, -0.05) is 35.1 Å². The molecule has 2 heterocycles. The lowest BCUT2D eigenvalue weighted by Gasteiger charge is -2.21. The van der Waals surface area contributed by atoms with E-state index < -0.39 is 0 Å². The van der Waals surface area contributed by atoms with E-state index in [9.17, 15) is 4.79 Å². The number of thiazole rings is 1. The number of hydrogen-bond donors (Lipinski definition) is 0. The van der Waals surface area contributed by atoms with Gasteiger partial charge >= 0.3 is 0 Å². The number of nitrogens with zero attached hydrogens (tertiary/aromatic N) is 3. The smallest absolute Gasteiger partial charge is 0.260 e. The lowest BCUT2D eigenvalue weighted by atomic mass is 10.0. The molecule has 6 nitrogen and oxygen atoms in total. The minimum atomic E-state index is -0.121. The monoisotopic (exact) mass is 433 g/mol. The summed E-state index contributed by atoms with van der Waals surface area (Å²) in [7, 11) is 3.22. The highest BCUT2D eigenvalue weighted by Crippen LogP contribution is 2.40. The normalized spacial score (nSPS) is 10.8. The maximum Gasteiger partial charge on any atom is 0.260 e. The van der Waals surface area contributed by atoms with Crippen LogP contribution in [0.3, 0.4) is 0 Å². The number of amides is 1. The van der Waals surface area contributed by atoms with E-state index in [0.29, 0.717) is 34.3 Å². The van der Waals surface area contributed by atoms with Gasteiger partial charge in [0.15, 0.2) is 5.13 Å². The Labute approximate surface area is 185 Å². The molecule has 0 N–H and O–H groups in total. The van der Waals surface area contributed by atoms with Gasteiger partial charge in [-0.2, -0.15) is 0 Å². The molecule has 2 aromatic carbocycles. The molecule has 4 rings (SSSR count). The summed E-state index contributed by atoms with van der Waals surface area (Å²) in [6, 6.07) is 15.2. The van der Waals surface area contributed by atoms with Crippen molar-refractivity contribution in [2.24, 2.45) is 0 Å². The SMILES string of the molecule is COc1ccc(OC)c2sc(N(Cc3ccccn3)C(=O)c3cc(C)ccc3C)nc12. The highest BCUT2D eigenvalue weighted by molar-refractivity contribution is 7.22. The average Bonchev–Trinajstić information content (AvgIpc) is 3.24. The molecule has 0 aliphatic heterocycles. The maximum absolute atomic E-state index is 13.7. The largest absolute Gasteiger partial charge is 0.495 e. The van der Waals surface area contributed by atoms with Crippen LogP contribution in [0.25, 0.3) is 10.2 Å². The molecule has 0 atom stereocenters. The summed E-state index contributed by atoms with van der Waals surface area (Å²) in [6.07, 6.45) is 1.72. The Hall–Kier alpha value is -3.45. The van der Waals surface area contributed by atoms with Gasteiger partial charge in [0.25, 0.3) is 5.91 Å². The molecule has 0 bridgehead atoms. The first-order chi connectivity index (χ1) is 15.0. The van der Waals surface area contributed by atoms with E-state index in [1.54, 1.807) is 25.3 Å². The average molecular weight is 434 g/mol. The lowest BCUT2D eigenvalue weighted by molar-refractivity contribution is 0.0984. The molecule has 0 radical (unpaired) electrons. The Morgan fingerprint density at radius 2 is 1.81 bits per heavy atom. The number of carbonyl (C=O) groups excluding carboxylic acids is 1. The van der Waals surface area contributed by atoms with Gasteiger partial charge in [-0.15, -0.1) is 0 Å². The summed E-state index contributed by atoms with van der Waals surface area (Å²) < 4.78 is 11.8. The van der Waals surface area contributed by atoms with Crippen molar-refractivity contribution in [3.8, 4) is 11.5 Å². The standard InChI is InChI=1S/C24H23N3O3S/c1-15-8-9-16(2)18(13-15)23(28)27(14-17-7-5-6-12-25-17)24-26-21-19(29-3)10-11-20(30-4)22(21)31-24/h5-13H,14H2,1-4H3. The second-order valence-electron chi connectivity index (χ2n) is 7.18. The number of aryl methyl sites for hydroxylation is 2. The van der Waals surface area contributed by atoms with Crippen molar-refractivity contribution in [3.05, 3.63) is 77.1 Å². The molecular weight excluding hydrogens is 410 g/mol. The van der Waals surface area contributed by atoms with Crippen LogP contribution in [0.1, 0.15) is 27.2 Å². The number of methoxy groups -OCH3 is 2. The summed E-state index contributed by atoms with van der Waals surface area (Å²) in [6.45, 7) is 4.22. The van der Waals surface area contributed by atoms with Gasteiger partial charge in [-0.25, -0.2) is 4.98 Å². The van der Waals surface area contributed by atoms with Crippen molar-refractivity contribution in [3.63, 3.8) is 0 Å². The molecule has 1 amide bonds. The van der Waals surface area contributed by atoms with Gasteiger partial charge in [0.2, 0.25) is 0 Å². The number of hydrogen-bond acceptors (Lipinski definition) is 6. The number of pyridine rings is 1. The predicted molar refractivity (Wildman–Crippen MR) is 123 cm³/mol. The van der Waals surface area contributed by atoms with Crippen molar-refractivity contribution in [2.45, 2.75) is 20.4 Å². The fraction of sp³-hybridized carbons (Fsp3) is 0.208. The number of benzene rings is 2. The Bertz CT molecular complexity index is 1200. The molecule has 0 unspecified atom stereocenters. The number of rotatable bonds is 6. The number of fused-ring (bicyclic) bond motifs is 1. The zero-order valence-electron chi connectivity index (χ0n) is 17.9. The molecule has 0 fully saturated rings. The summed E-state index contributed by atoms with van der Waals surface area (Å²) >= 11 is 1.40. The van der Waals surface area contributed by atoms with E-state index in [2.05, 4.69) is 4.98 Å². The first-order valence-corrected chi connectivity index (χ1v) is 10.6. The van der Waals surface area contributed by atoms with Crippen LogP contribution < -0.4 is 14.4 Å². The van der Waals surface area contributed by atoms with Crippen molar-refractivity contribution in [1.29, 1.82) is 0 Å². The second kappa shape index (κ2) is 8.73. The van der Waals surface area contributed by atoms with Crippen LogP contribution in [0.4, 0.5) is 5.13 Å². The van der Waals surface area contributed by atoms with Gasteiger partial charge in [0.1, 0.15) is 21.7 Å². The summed E-state index contributed by atoms with van der Waals surface area (Å²) in [5.74, 6) is 1.20. The first kappa shape index (κ1) is 20.8. The summed E-state index contributed by atoms with van der Waals surface area (Å²) in [4.78, 5) is 24.6. The first-order valence-electron chi connectivity index (χ1n) is 9.82. The third-order valence-corrected chi connectivity index (χ3v) is 6.14. The fourth-order valence-corrected chi connectivity index (χ4v) is 4.45. The minimum absolute atomic E-state index is 0.121. The third kappa shape index (κ3) is 4.09. The molecule has 0 saturated heterocycles. The van der Waals surface area contributed by atoms with Crippen LogP contribution in [0.2, 0.25) is 0 Å². The fourth-order valence-electron chi connectivity index (χ4n) is 3.38. The minimum Gasteiger partial charge on any atom is -0.495 e. The predicted octanol–water partition coefficient (Wildman–Crippen LogP) is 5.17. The van der Waals surface area contributed by atoms with Crippen LogP contribution >= 0.6 is 11.3 Å². The third-order valence-electron chi connectivity index (χ3n) is 5.04. The highest BCUT2D eigenvalue weighted by atomic mass is 32.1. The lowest BCUT2D eigenvalue weighted by Crippen LogP contribution is -2.31. The number of ether oxygens (including phenoxy) is 2. The van der Waals surface area contributed by atoms with Gasteiger partial charge in [-0.05, 0) is 49.7 Å². The van der Waals surface area contributed by atoms with E-state index >= 15 is 0 Å². The molecule has 0 aliphatic carbocycles. The Morgan fingerprint density at radius 3 is 2.52 bits per heavy atom.